The summed E-state index contributed by atoms with van der Waals surface area (Å²) < 4.78 is 11.1. The van der Waals surface area contributed by atoms with E-state index in [1.165, 1.54) is 0 Å². The van der Waals surface area contributed by atoms with Gasteiger partial charge >= 0.3 is 0 Å². The van der Waals surface area contributed by atoms with Crippen molar-refractivity contribution >= 4 is 0 Å². The molecule has 0 bridgehead atoms. The smallest absolute Gasteiger partial charge is 0.0705 e. The van der Waals surface area contributed by atoms with E-state index >= 15 is 0 Å². The average molecular weight is 217 g/mol. The Morgan fingerprint density at radius 1 is 1.00 bits per heavy atom. The van der Waals surface area contributed by atoms with E-state index in [0.29, 0.717) is 25.4 Å². The molecule has 0 fully saturated rings. The Balaban J connectivity index is 3.42. The summed E-state index contributed by atoms with van der Waals surface area (Å²) in [4.78, 5) is 0. The van der Waals surface area contributed by atoms with Crippen molar-refractivity contribution in [3.05, 3.63) is 0 Å². The average Bonchev–Trinajstić information content (AvgIpc) is 2.20. The Kier molecular flexibility index (Phi) is 9.06. The van der Waals surface area contributed by atoms with Crippen LogP contribution in [-0.2, 0) is 9.47 Å². The molecule has 0 aromatic carbocycles. The zero-order chi connectivity index (χ0) is 11.7. The molecule has 0 aromatic rings. The van der Waals surface area contributed by atoms with Gasteiger partial charge in [-0.25, -0.2) is 0 Å². The lowest BCUT2D eigenvalue weighted by Crippen LogP contribution is -2.38. The molecule has 15 heavy (non-hydrogen) atoms. The number of hydrogen-bond donors (Lipinski definition) is 1. The van der Waals surface area contributed by atoms with Gasteiger partial charge < -0.3 is 14.8 Å². The number of ether oxygens (including phenoxy) is 2. The largest absolute Gasteiger partial charge is 0.376 e. The van der Waals surface area contributed by atoms with E-state index in [9.17, 15) is 0 Å². The van der Waals surface area contributed by atoms with Crippen LogP contribution in [0.5, 0.6) is 0 Å². The van der Waals surface area contributed by atoms with Crippen LogP contribution in [0.1, 0.15) is 41.0 Å². The van der Waals surface area contributed by atoms with Crippen molar-refractivity contribution in [2.45, 2.75) is 59.3 Å². The van der Waals surface area contributed by atoms with E-state index in [1.54, 1.807) is 0 Å². The van der Waals surface area contributed by atoms with Crippen LogP contribution in [0.2, 0.25) is 0 Å². The van der Waals surface area contributed by atoms with E-state index in [-0.39, 0.29) is 6.10 Å². The first-order chi connectivity index (χ1) is 7.07. The van der Waals surface area contributed by atoms with Crippen molar-refractivity contribution in [2.24, 2.45) is 0 Å². The lowest BCUT2D eigenvalue weighted by Gasteiger charge is -2.21. The third-order valence-electron chi connectivity index (χ3n) is 2.34. The highest BCUT2D eigenvalue weighted by molar-refractivity contribution is 4.67. The first-order valence-electron chi connectivity index (χ1n) is 6.04. The molecule has 0 heterocycles. The quantitative estimate of drug-likeness (QED) is 0.601. The van der Waals surface area contributed by atoms with Gasteiger partial charge in [0, 0.05) is 6.04 Å². The summed E-state index contributed by atoms with van der Waals surface area (Å²) in [6, 6.07) is 0.406. The summed E-state index contributed by atoms with van der Waals surface area (Å²) >= 11 is 0. The van der Waals surface area contributed by atoms with Gasteiger partial charge in [-0.3, -0.25) is 0 Å². The van der Waals surface area contributed by atoms with Crippen molar-refractivity contribution in [3.8, 4) is 0 Å². The molecule has 0 aliphatic rings. The van der Waals surface area contributed by atoms with Gasteiger partial charge in [-0.1, -0.05) is 6.92 Å². The highest BCUT2D eigenvalue weighted by Crippen LogP contribution is 1.98. The number of rotatable bonds is 9. The second-order valence-corrected chi connectivity index (χ2v) is 4.24. The molecule has 3 heteroatoms. The molecule has 2 unspecified atom stereocenters. The first-order valence-corrected chi connectivity index (χ1v) is 6.04. The molecule has 3 nitrogen and oxygen atoms in total. The fourth-order valence-corrected chi connectivity index (χ4v) is 1.20. The molecule has 0 aromatic heterocycles. The maximum Gasteiger partial charge on any atom is 0.0705 e. The van der Waals surface area contributed by atoms with Gasteiger partial charge in [-0.2, -0.15) is 0 Å². The minimum absolute atomic E-state index is 0.243. The van der Waals surface area contributed by atoms with E-state index < -0.39 is 0 Å². The van der Waals surface area contributed by atoms with Crippen molar-refractivity contribution in [3.63, 3.8) is 0 Å². The van der Waals surface area contributed by atoms with Gasteiger partial charge in [-0.15, -0.1) is 0 Å². The third kappa shape index (κ3) is 8.85. The fourth-order valence-electron chi connectivity index (χ4n) is 1.20. The molecule has 0 rings (SSSR count). The summed E-state index contributed by atoms with van der Waals surface area (Å²) in [7, 11) is 0. The minimum Gasteiger partial charge on any atom is -0.376 e. The van der Waals surface area contributed by atoms with Crippen LogP contribution in [0.3, 0.4) is 0 Å². The van der Waals surface area contributed by atoms with Crippen molar-refractivity contribution in [2.75, 3.05) is 19.8 Å². The molecule has 0 aliphatic heterocycles. The van der Waals surface area contributed by atoms with Gasteiger partial charge in [0.25, 0.3) is 0 Å². The van der Waals surface area contributed by atoms with Gasteiger partial charge in [0.05, 0.1) is 25.4 Å². The Bertz CT molecular complexity index is 140. The molecule has 92 valence electrons. The van der Waals surface area contributed by atoms with E-state index in [2.05, 4.69) is 26.1 Å². The third-order valence-corrected chi connectivity index (χ3v) is 2.34. The SMILES string of the molecule is CCCNC(C)C(C)OCCOC(C)C. The molecule has 0 saturated carbocycles. The van der Waals surface area contributed by atoms with E-state index in [4.69, 9.17) is 9.47 Å². The summed E-state index contributed by atoms with van der Waals surface area (Å²) in [5.74, 6) is 0. The molecule has 0 aliphatic carbocycles. The first kappa shape index (κ1) is 14.9. The van der Waals surface area contributed by atoms with Crippen LogP contribution < -0.4 is 5.32 Å². The predicted molar refractivity (Wildman–Crippen MR) is 64.3 cm³/mol. The Morgan fingerprint density at radius 2 is 1.60 bits per heavy atom. The van der Waals surface area contributed by atoms with E-state index in [0.717, 1.165) is 13.0 Å². The second kappa shape index (κ2) is 9.13. The van der Waals surface area contributed by atoms with Gasteiger partial charge in [0.1, 0.15) is 0 Å². The van der Waals surface area contributed by atoms with Crippen molar-refractivity contribution < 1.29 is 9.47 Å². The van der Waals surface area contributed by atoms with Crippen LogP contribution in [-0.4, -0.2) is 38.0 Å². The van der Waals surface area contributed by atoms with Gasteiger partial charge in [0.15, 0.2) is 0 Å². The topological polar surface area (TPSA) is 30.5 Å². The molecule has 1 N–H and O–H groups in total. The lowest BCUT2D eigenvalue weighted by molar-refractivity contribution is -0.0162. The number of nitrogens with one attached hydrogen (secondary N) is 1. The van der Waals surface area contributed by atoms with E-state index in [1.807, 2.05) is 13.8 Å². The lowest BCUT2D eigenvalue weighted by atomic mass is 10.2. The number of hydrogen-bond acceptors (Lipinski definition) is 3. The monoisotopic (exact) mass is 217 g/mol. The van der Waals surface area contributed by atoms with Crippen LogP contribution in [0.25, 0.3) is 0 Å². The molecular weight excluding hydrogens is 190 g/mol. The molecule has 0 saturated heterocycles. The van der Waals surface area contributed by atoms with Gasteiger partial charge in [0.2, 0.25) is 0 Å². The zero-order valence-corrected chi connectivity index (χ0v) is 10.9. The highest BCUT2D eigenvalue weighted by atomic mass is 16.5. The molecule has 0 amide bonds. The minimum atomic E-state index is 0.243. The van der Waals surface area contributed by atoms with Crippen LogP contribution >= 0.6 is 0 Å². The summed E-state index contributed by atoms with van der Waals surface area (Å²) in [5, 5.41) is 3.42. The van der Waals surface area contributed by atoms with Crippen LogP contribution in [0.4, 0.5) is 0 Å². The van der Waals surface area contributed by atoms with Crippen molar-refractivity contribution in [1.82, 2.24) is 5.32 Å². The normalized spacial score (nSPS) is 15.6. The maximum absolute atomic E-state index is 5.66. The fraction of sp³-hybridized carbons (Fsp3) is 1.00. The Labute approximate surface area is 94.5 Å². The Hall–Kier alpha value is -0.120. The zero-order valence-electron chi connectivity index (χ0n) is 10.9. The highest BCUT2D eigenvalue weighted by Gasteiger charge is 2.10. The molecule has 2 atom stereocenters. The standard InChI is InChI=1S/C12H27NO2/c1-6-7-13-11(4)12(5)15-9-8-14-10(2)3/h10-13H,6-9H2,1-5H3. The van der Waals surface area contributed by atoms with Crippen molar-refractivity contribution in [1.29, 1.82) is 0 Å². The maximum atomic E-state index is 5.66. The van der Waals surface area contributed by atoms with Crippen LogP contribution in [0, 0.1) is 0 Å². The summed E-state index contributed by atoms with van der Waals surface area (Å²) in [6.07, 6.45) is 1.69. The molecule has 0 spiro atoms. The molecule has 0 radical (unpaired) electrons. The molecular formula is C12H27NO2. The summed E-state index contributed by atoms with van der Waals surface area (Å²) in [5.41, 5.74) is 0. The second-order valence-electron chi connectivity index (χ2n) is 4.24. The van der Waals surface area contributed by atoms with Crippen LogP contribution in [0.15, 0.2) is 0 Å². The Morgan fingerprint density at radius 3 is 2.13 bits per heavy atom. The van der Waals surface area contributed by atoms with Gasteiger partial charge in [-0.05, 0) is 40.7 Å². The predicted octanol–water partition coefficient (Wildman–Crippen LogP) is 2.20. The summed E-state index contributed by atoms with van der Waals surface area (Å²) in [6.45, 7) is 12.9.